The Balaban J connectivity index is 1.51. The summed E-state index contributed by atoms with van der Waals surface area (Å²) in [5.74, 6) is -0.613. The van der Waals surface area contributed by atoms with Crippen molar-refractivity contribution in [1.29, 1.82) is 0 Å². The summed E-state index contributed by atoms with van der Waals surface area (Å²) in [6, 6.07) is 10.5. The zero-order valence-electron chi connectivity index (χ0n) is 16.5. The third-order valence-electron chi connectivity index (χ3n) is 5.44. The van der Waals surface area contributed by atoms with Crippen LogP contribution in [-0.2, 0) is 0 Å². The average Bonchev–Trinajstić information content (AvgIpc) is 3.05. The van der Waals surface area contributed by atoms with Crippen LogP contribution in [0.4, 0.5) is 15.8 Å². The molecule has 1 aliphatic heterocycles. The van der Waals surface area contributed by atoms with E-state index in [1.54, 1.807) is 6.07 Å². The van der Waals surface area contributed by atoms with E-state index >= 15 is 0 Å². The number of hydrogen-bond acceptors (Lipinski definition) is 4. The van der Waals surface area contributed by atoms with Crippen LogP contribution in [0.3, 0.4) is 0 Å². The summed E-state index contributed by atoms with van der Waals surface area (Å²) in [6.45, 7) is 9.42. The van der Waals surface area contributed by atoms with Gasteiger partial charge in [0.15, 0.2) is 0 Å². The lowest BCUT2D eigenvalue weighted by atomic mass is 10.1. The lowest BCUT2D eigenvalue weighted by molar-refractivity contribution is 0.103. The van der Waals surface area contributed by atoms with E-state index in [2.05, 4.69) is 28.1 Å². The molecule has 0 unspecified atom stereocenters. The van der Waals surface area contributed by atoms with E-state index in [1.165, 1.54) is 29.2 Å². The van der Waals surface area contributed by atoms with Crippen LogP contribution in [-0.4, -0.2) is 43.5 Å². The van der Waals surface area contributed by atoms with E-state index in [4.69, 9.17) is 11.6 Å². The summed E-state index contributed by atoms with van der Waals surface area (Å²) < 4.78 is 14.1. The van der Waals surface area contributed by atoms with Gasteiger partial charge in [-0.25, -0.2) is 4.39 Å². The number of nitrogens with one attached hydrogen (secondary N) is 1. The van der Waals surface area contributed by atoms with Crippen LogP contribution in [0.15, 0.2) is 36.4 Å². The van der Waals surface area contributed by atoms with Crippen LogP contribution in [0, 0.1) is 12.7 Å². The molecular weight excluding hydrogens is 409 g/mol. The second kappa shape index (κ2) is 8.30. The molecule has 1 saturated heterocycles. The molecule has 1 amide bonds. The van der Waals surface area contributed by atoms with Crippen molar-refractivity contribution in [1.82, 2.24) is 4.90 Å². The minimum atomic E-state index is -0.339. The van der Waals surface area contributed by atoms with Gasteiger partial charge >= 0.3 is 0 Å². The van der Waals surface area contributed by atoms with E-state index in [9.17, 15) is 9.18 Å². The molecule has 1 fully saturated rings. The highest BCUT2D eigenvalue weighted by atomic mass is 35.5. The summed E-state index contributed by atoms with van der Waals surface area (Å²) in [6.07, 6.45) is 0. The number of piperazine rings is 1. The molecule has 1 N–H and O–H groups in total. The maximum absolute atomic E-state index is 13.5. The Morgan fingerprint density at radius 1 is 1.17 bits per heavy atom. The summed E-state index contributed by atoms with van der Waals surface area (Å²) >= 11 is 7.58. The van der Waals surface area contributed by atoms with Crippen molar-refractivity contribution >= 4 is 50.3 Å². The molecule has 4 rings (SSSR count). The number of aryl methyl sites for hydroxylation is 1. The number of halogens is 2. The molecule has 152 valence electrons. The highest BCUT2D eigenvalue weighted by Crippen LogP contribution is 2.36. The largest absolute Gasteiger partial charge is 0.369 e. The number of benzene rings is 2. The molecule has 0 saturated carbocycles. The predicted molar refractivity (Wildman–Crippen MR) is 120 cm³/mol. The van der Waals surface area contributed by atoms with Gasteiger partial charge in [-0.05, 0) is 55.4 Å². The monoisotopic (exact) mass is 431 g/mol. The minimum Gasteiger partial charge on any atom is -0.369 e. The van der Waals surface area contributed by atoms with Crippen LogP contribution in [0.1, 0.15) is 22.2 Å². The molecular formula is C22H23ClFN3OS. The maximum Gasteiger partial charge on any atom is 0.267 e. The first kappa shape index (κ1) is 20.1. The SMILES string of the molecule is CCN1CCN(c2ccc(NC(=O)c3sc4cc(F)ccc4c3Cl)c(C)c2)CC1. The van der Waals surface area contributed by atoms with Gasteiger partial charge in [-0.2, -0.15) is 0 Å². The zero-order valence-corrected chi connectivity index (χ0v) is 18.0. The molecule has 0 atom stereocenters. The van der Waals surface area contributed by atoms with E-state index < -0.39 is 0 Å². The molecule has 3 aromatic rings. The minimum absolute atomic E-state index is 0.274. The van der Waals surface area contributed by atoms with Gasteiger partial charge < -0.3 is 15.1 Å². The molecule has 1 aliphatic rings. The Morgan fingerprint density at radius 3 is 2.62 bits per heavy atom. The van der Waals surface area contributed by atoms with Crippen molar-refractivity contribution in [3.8, 4) is 0 Å². The fourth-order valence-corrected chi connectivity index (χ4v) is 5.11. The Morgan fingerprint density at radius 2 is 1.93 bits per heavy atom. The highest BCUT2D eigenvalue weighted by molar-refractivity contribution is 7.21. The number of carbonyl (C=O) groups is 1. The first-order chi connectivity index (χ1) is 14.0. The first-order valence-electron chi connectivity index (χ1n) is 9.73. The normalized spacial score (nSPS) is 15.1. The molecule has 0 radical (unpaired) electrons. The lowest BCUT2D eigenvalue weighted by Crippen LogP contribution is -2.46. The van der Waals surface area contributed by atoms with E-state index in [0.29, 0.717) is 20.0 Å². The molecule has 1 aromatic heterocycles. The van der Waals surface area contributed by atoms with E-state index in [1.807, 2.05) is 19.1 Å². The first-order valence-corrected chi connectivity index (χ1v) is 10.9. The van der Waals surface area contributed by atoms with E-state index in [-0.39, 0.29) is 11.7 Å². The number of amides is 1. The number of thiophene rings is 1. The van der Waals surface area contributed by atoms with Gasteiger partial charge in [-0.1, -0.05) is 18.5 Å². The quantitative estimate of drug-likeness (QED) is 0.601. The van der Waals surface area contributed by atoms with Crippen molar-refractivity contribution in [2.45, 2.75) is 13.8 Å². The molecule has 0 aliphatic carbocycles. The number of likely N-dealkylation sites (N-methyl/N-ethyl adjacent to an activating group) is 1. The Labute approximate surface area is 178 Å². The maximum atomic E-state index is 13.5. The number of anilines is 2. The summed E-state index contributed by atoms with van der Waals surface area (Å²) in [5.41, 5.74) is 2.93. The smallest absolute Gasteiger partial charge is 0.267 e. The topological polar surface area (TPSA) is 35.6 Å². The Hall–Kier alpha value is -2.15. The molecule has 2 aromatic carbocycles. The van der Waals surface area contributed by atoms with Crippen molar-refractivity contribution in [2.24, 2.45) is 0 Å². The number of fused-ring (bicyclic) bond motifs is 1. The summed E-state index contributed by atoms with van der Waals surface area (Å²) in [7, 11) is 0. The van der Waals surface area contributed by atoms with Gasteiger partial charge in [0.1, 0.15) is 10.7 Å². The number of carbonyl (C=O) groups excluding carboxylic acids is 1. The van der Waals surface area contributed by atoms with Gasteiger partial charge in [0.2, 0.25) is 0 Å². The number of nitrogens with zero attached hydrogens (tertiary/aromatic N) is 2. The highest BCUT2D eigenvalue weighted by Gasteiger charge is 2.20. The lowest BCUT2D eigenvalue weighted by Gasteiger charge is -2.35. The van der Waals surface area contributed by atoms with Gasteiger partial charge in [0.05, 0.1) is 5.02 Å². The zero-order chi connectivity index (χ0) is 20.5. The van der Waals surface area contributed by atoms with Crippen LogP contribution in [0.25, 0.3) is 10.1 Å². The van der Waals surface area contributed by atoms with Crippen molar-refractivity contribution in [3.05, 3.63) is 57.7 Å². The molecule has 2 heterocycles. The third kappa shape index (κ3) is 4.10. The molecule has 29 heavy (non-hydrogen) atoms. The van der Waals surface area contributed by atoms with Gasteiger partial charge in [0, 0.05) is 47.6 Å². The number of hydrogen-bond donors (Lipinski definition) is 1. The van der Waals surface area contributed by atoms with Crippen LogP contribution < -0.4 is 10.2 Å². The van der Waals surface area contributed by atoms with Crippen LogP contribution in [0.2, 0.25) is 5.02 Å². The predicted octanol–water partition coefficient (Wildman–Crippen LogP) is 5.40. The van der Waals surface area contributed by atoms with Crippen molar-refractivity contribution in [3.63, 3.8) is 0 Å². The molecule has 0 spiro atoms. The second-order valence-corrected chi connectivity index (χ2v) is 8.69. The van der Waals surface area contributed by atoms with Crippen molar-refractivity contribution in [2.75, 3.05) is 42.9 Å². The Kier molecular flexibility index (Phi) is 5.76. The van der Waals surface area contributed by atoms with Gasteiger partial charge in [-0.15, -0.1) is 11.3 Å². The average molecular weight is 432 g/mol. The fraction of sp³-hybridized carbons (Fsp3) is 0.318. The van der Waals surface area contributed by atoms with E-state index in [0.717, 1.165) is 44.0 Å². The molecule has 7 heteroatoms. The van der Waals surface area contributed by atoms with Gasteiger partial charge in [0.25, 0.3) is 5.91 Å². The summed E-state index contributed by atoms with van der Waals surface area (Å²) in [4.78, 5) is 18.0. The number of rotatable bonds is 4. The van der Waals surface area contributed by atoms with Crippen LogP contribution >= 0.6 is 22.9 Å². The fourth-order valence-electron chi connectivity index (χ4n) is 3.67. The van der Waals surface area contributed by atoms with Gasteiger partial charge in [-0.3, -0.25) is 4.79 Å². The standard InChI is InChI=1S/C22H23ClFN3OS/c1-3-26-8-10-27(11-9-26)16-5-7-18(14(2)12-16)25-22(28)21-20(23)17-6-4-15(24)13-19(17)29-21/h4-7,12-13H,3,8-11H2,1-2H3,(H,25,28). The third-order valence-corrected chi connectivity index (χ3v) is 7.10. The van der Waals surface area contributed by atoms with Crippen molar-refractivity contribution < 1.29 is 9.18 Å². The Bertz CT molecular complexity index is 1060. The van der Waals surface area contributed by atoms with Crippen LogP contribution in [0.5, 0.6) is 0 Å². The molecule has 0 bridgehead atoms. The molecule has 4 nitrogen and oxygen atoms in total. The summed E-state index contributed by atoms with van der Waals surface area (Å²) in [5, 5.41) is 4.02. The second-order valence-electron chi connectivity index (χ2n) is 7.26.